The fourth-order valence-electron chi connectivity index (χ4n) is 1.65. The van der Waals surface area contributed by atoms with Crippen LogP contribution in [0.3, 0.4) is 0 Å². The van der Waals surface area contributed by atoms with Gasteiger partial charge in [0, 0.05) is 5.69 Å². The van der Waals surface area contributed by atoms with Crippen LogP contribution in [0.15, 0.2) is 6.20 Å². The molecule has 1 aliphatic carbocycles. The van der Waals surface area contributed by atoms with Crippen LogP contribution in [0.4, 0.5) is 5.69 Å². The molecule has 0 saturated heterocycles. The van der Waals surface area contributed by atoms with E-state index in [-0.39, 0.29) is 0 Å². The van der Waals surface area contributed by atoms with E-state index in [4.69, 9.17) is 17.3 Å². The van der Waals surface area contributed by atoms with Gasteiger partial charge in [-0.25, -0.2) is 0 Å². The molecule has 2 rings (SSSR count). The Morgan fingerprint density at radius 1 is 1.33 bits per heavy atom. The summed E-state index contributed by atoms with van der Waals surface area (Å²) in [7, 11) is 0. The molecular formula is C9H11ClN2. The minimum atomic E-state index is 0.609. The lowest BCUT2D eigenvalue weighted by atomic mass is 9.96. The molecule has 0 atom stereocenters. The Hall–Kier alpha value is -0.760. The molecule has 0 radical (unpaired) electrons. The standard InChI is InChI=1S/C9H11ClN2/c10-9-6-3-1-2-4-8(6)12-5-7(9)11/h5H,1-4,11H2. The number of nitrogen functional groups attached to an aromatic ring is 1. The number of rotatable bonds is 0. The van der Waals surface area contributed by atoms with Crippen molar-refractivity contribution in [1.29, 1.82) is 0 Å². The zero-order chi connectivity index (χ0) is 8.55. The average Bonchev–Trinajstić information content (AvgIpc) is 2.12. The van der Waals surface area contributed by atoms with E-state index in [9.17, 15) is 0 Å². The number of anilines is 1. The van der Waals surface area contributed by atoms with Crippen molar-refractivity contribution in [2.45, 2.75) is 25.7 Å². The largest absolute Gasteiger partial charge is 0.396 e. The summed E-state index contributed by atoms with van der Waals surface area (Å²) < 4.78 is 0. The number of nitrogens with zero attached hydrogens (tertiary/aromatic N) is 1. The number of pyridine rings is 1. The van der Waals surface area contributed by atoms with Crippen LogP contribution in [-0.4, -0.2) is 4.98 Å². The highest BCUT2D eigenvalue weighted by Gasteiger charge is 2.14. The lowest BCUT2D eigenvalue weighted by Gasteiger charge is -2.16. The van der Waals surface area contributed by atoms with Crippen LogP contribution in [0, 0.1) is 0 Å². The Morgan fingerprint density at radius 3 is 2.92 bits per heavy atom. The first-order chi connectivity index (χ1) is 5.79. The van der Waals surface area contributed by atoms with Gasteiger partial charge in [0.1, 0.15) is 0 Å². The van der Waals surface area contributed by atoms with E-state index in [0.29, 0.717) is 5.69 Å². The van der Waals surface area contributed by atoms with E-state index in [1.165, 1.54) is 18.4 Å². The maximum absolute atomic E-state index is 6.05. The van der Waals surface area contributed by atoms with E-state index in [1.54, 1.807) is 6.20 Å². The Kier molecular flexibility index (Phi) is 1.93. The van der Waals surface area contributed by atoms with E-state index in [1.807, 2.05) is 0 Å². The summed E-state index contributed by atoms with van der Waals surface area (Å²) in [5.74, 6) is 0. The Bertz CT molecular complexity index is 310. The van der Waals surface area contributed by atoms with Crippen molar-refractivity contribution >= 4 is 17.3 Å². The zero-order valence-electron chi connectivity index (χ0n) is 6.81. The minimum Gasteiger partial charge on any atom is -0.396 e. The molecule has 1 aromatic heterocycles. The number of hydrogen-bond donors (Lipinski definition) is 1. The SMILES string of the molecule is Nc1cnc2c(c1Cl)CCCC2. The molecule has 0 saturated carbocycles. The molecule has 0 fully saturated rings. The molecule has 0 aliphatic heterocycles. The van der Waals surface area contributed by atoms with Gasteiger partial charge in [-0.05, 0) is 31.2 Å². The lowest BCUT2D eigenvalue weighted by Crippen LogP contribution is -2.07. The highest BCUT2D eigenvalue weighted by Crippen LogP contribution is 2.29. The second-order valence-electron chi connectivity index (χ2n) is 3.16. The summed E-state index contributed by atoms with van der Waals surface area (Å²) in [6.07, 6.45) is 6.17. The van der Waals surface area contributed by atoms with Crippen LogP contribution < -0.4 is 5.73 Å². The number of fused-ring (bicyclic) bond motifs is 1. The Morgan fingerprint density at radius 2 is 2.08 bits per heavy atom. The summed E-state index contributed by atoms with van der Waals surface area (Å²) in [4.78, 5) is 4.27. The molecule has 12 heavy (non-hydrogen) atoms. The number of halogens is 1. The van der Waals surface area contributed by atoms with Gasteiger partial charge in [0.05, 0.1) is 16.9 Å². The van der Waals surface area contributed by atoms with E-state index >= 15 is 0 Å². The first kappa shape index (κ1) is 7.87. The maximum atomic E-state index is 6.05. The molecular weight excluding hydrogens is 172 g/mol. The van der Waals surface area contributed by atoms with Crippen molar-refractivity contribution in [3.05, 3.63) is 22.5 Å². The van der Waals surface area contributed by atoms with Gasteiger partial charge in [-0.2, -0.15) is 0 Å². The Labute approximate surface area is 76.7 Å². The summed E-state index contributed by atoms with van der Waals surface area (Å²) in [5, 5.41) is 0.722. The van der Waals surface area contributed by atoms with Crippen LogP contribution in [0.1, 0.15) is 24.1 Å². The summed E-state index contributed by atoms with van der Waals surface area (Å²) in [6, 6.07) is 0. The van der Waals surface area contributed by atoms with Gasteiger partial charge in [0.2, 0.25) is 0 Å². The number of hydrogen-bond acceptors (Lipinski definition) is 2. The highest BCUT2D eigenvalue weighted by atomic mass is 35.5. The summed E-state index contributed by atoms with van der Waals surface area (Å²) in [5.41, 5.74) is 8.57. The predicted octanol–water partition coefficient (Wildman–Crippen LogP) is 2.20. The van der Waals surface area contributed by atoms with Crippen LogP contribution in [0.25, 0.3) is 0 Å². The van der Waals surface area contributed by atoms with Gasteiger partial charge in [-0.15, -0.1) is 0 Å². The first-order valence-electron chi connectivity index (χ1n) is 4.21. The third kappa shape index (κ3) is 1.16. The highest BCUT2D eigenvalue weighted by molar-refractivity contribution is 6.33. The van der Waals surface area contributed by atoms with Crippen molar-refractivity contribution in [1.82, 2.24) is 4.98 Å². The maximum Gasteiger partial charge on any atom is 0.0701 e. The molecule has 1 heterocycles. The number of nitrogens with two attached hydrogens (primary N) is 1. The normalized spacial score (nSPS) is 15.8. The Balaban J connectivity index is 2.54. The van der Waals surface area contributed by atoms with Crippen molar-refractivity contribution in [2.24, 2.45) is 0 Å². The predicted molar refractivity (Wildman–Crippen MR) is 50.3 cm³/mol. The minimum absolute atomic E-state index is 0.609. The van der Waals surface area contributed by atoms with Crippen LogP contribution in [0.5, 0.6) is 0 Å². The number of aromatic nitrogens is 1. The molecule has 1 aliphatic rings. The fraction of sp³-hybridized carbons (Fsp3) is 0.444. The topological polar surface area (TPSA) is 38.9 Å². The van der Waals surface area contributed by atoms with Crippen molar-refractivity contribution < 1.29 is 0 Å². The quantitative estimate of drug-likeness (QED) is 0.668. The van der Waals surface area contributed by atoms with Gasteiger partial charge < -0.3 is 5.73 Å². The van der Waals surface area contributed by atoms with E-state index in [0.717, 1.165) is 23.6 Å². The molecule has 1 aromatic rings. The first-order valence-corrected chi connectivity index (χ1v) is 4.58. The van der Waals surface area contributed by atoms with Crippen molar-refractivity contribution in [3.8, 4) is 0 Å². The fourth-order valence-corrected chi connectivity index (χ4v) is 1.90. The third-order valence-corrected chi connectivity index (χ3v) is 2.76. The van der Waals surface area contributed by atoms with Gasteiger partial charge in [-0.1, -0.05) is 11.6 Å². The van der Waals surface area contributed by atoms with Crippen LogP contribution >= 0.6 is 11.6 Å². The molecule has 2 N–H and O–H groups in total. The third-order valence-electron chi connectivity index (χ3n) is 2.32. The molecule has 0 amide bonds. The van der Waals surface area contributed by atoms with Crippen molar-refractivity contribution in [3.63, 3.8) is 0 Å². The molecule has 0 spiro atoms. The van der Waals surface area contributed by atoms with Gasteiger partial charge in [-0.3, -0.25) is 4.98 Å². The van der Waals surface area contributed by atoms with Crippen LogP contribution in [-0.2, 0) is 12.8 Å². The van der Waals surface area contributed by atoms with Gasteiger partial charge >= 0.3 is 0 Å². The number of aryl methyl sites for hydroxylation is 1. The van der Waals surface area contributed by atoms with Gasteiger partial charge in [0.25, 0.3) is 0 Å². The van der Waals surface area contributed by atoms with E-state index < -0.39 is 0 Å². The smallest absolute Gasteiger partial charge is 0.0701 e. The molecule has 3 heteroatoms. The van der Waals surface area contributed by atoms with Crippen molar-refractivity contribution in [2.75, 3.05) is 5.73 Å². The second-order valence-corrected chi connectivity index (χ2v) is 3.54. The van der Waals surface area contributed by atoms with Crippen LogP contribution in [0.2, 0.25) is 5.02 Å². The molecule has 0 unspecified atom stereocenters. The second kappa shape index (κ2) is 2.94. The molecule has 0 aromatic carbocycles. The average molecular weight is 183 g/mol. The lowest BCUT2D eigenvalue weighted by molar-refractivity contribution is 0.668. The molecule has 2 nitrogen and oxygen atoms in total. The zero-order valence-corrected chi connectivity index (χ0v) is 7.56. The molecule has 64 valence electrons. The molecule has 0 bridgehead atoms. The van der Waals surface area contributed by atoms with Gasteiger partial charge in [0.15, 0.2) is 0 Å². The summed E-state index contributed by atoms with van der Waals surface area (Å²) >= 11 is 6.05. The monoisotopic (exact) mass is 182 g/mol. The van der Waals surface area contributed by atoms with E-state index in [2.05, 4.69) is 4.98 Å². The summed E-state index contributed by atoms with van der Waals surface area (Å²) in [6.45, 7) is 0.